The van der Waals surface area contributed by atoms with Crippen LogP contribution in [0.15, 0.2) is 36.4 Å². The largest absolute Gasteiger partial charge is 0.507 e. The van der Waals surface area contributed by atoms with Crippen LogP contribution in [0.3, 0.4) is 0 Å². The fraction of sp³-hybridized carbons (Fsp3) is 0.452. The molecule has 11 atom stereocenters. The summed E-state index contributed by atoms with van der Waals surface area (Å²) in [5, 5.41) is 101. The number of phenols is 2. The number of nitro groups is 1. The Kier molecular flexibility index (Phi) is 13.3. The number of nitrogens with one attached hydrogen (secondary N) is 1. The van der Waals surface area contributed by atoms with Gasteiger partial charge in [-0.25, -0.2) is 9.59 Å². The highest BCUT2D eigenvalue weighted by Crippen LogP contribution is 2.52. The number of amides is 1. The lowest BCUT2D eigenvalue weighted by Gasteiger charge is -2.42. The van der Waals surface area contributed by atoms with Crippen LogP contribution in [-0.2, 0) is 46.3 Å². The highest BCUT2D eigenvalue weighted by Gasteiger charge is 2.51. The number of rotatable bonds is 12. The molecule has 24 nitrogen and oxygen atoms in total. The Labute approximate surface area is 371 Å². The Hall–Kier alpha value is -6.35. The van der Waals surface area contributed by atoms with E-state index in [-0.39, 0.29) is 40.0 Å². The number of carbonyl (C=O) groups is 5. The normalized spacial score (nSPS) is 29.1. The number of alkyl carbamates (subject to hydrolysis) is 1. The molecule has 9 N–H and O–H groups in total. The Bertz CT molecular complexity index is 2480. The first kappa shape index (κ1) is 47.6. The van der Waals surface area contributed by atoms with E-state index < -0.39 is 161 Å². The number of ether oxygens (including phenoxy) is 7. The van der Waals surface area contributed by atoms with Crippen molar-refractivity contribution in [3.63, 3.8) is 0 Å². The Morgan fingerprint density at radius 1 is 0.924 bits per heavy atom. The van der Waals surface area contributed by atoms with Gasteiger partial charge in [0, 0.05) is 42.0 Å². The summed E-state index contributed by atoms with van der Waals surface area (Å²) in [6.45, 7) is -0.340. The van der Waals surface area contributed by atoms with Crippen molar-refractivity contribution in [3.05, 3.63) is 85.5 Å². The maximum absolute atomic E-state index is 14.0. The fourth-order valence-electron chi connectivity index (χ4n) is 8.48. The SMILES string of the molecule is COC(=O)[C@H]1O[C@@H](Oc2ccc(COC(=O)N[C@H]3C[C@H](O[C@H]4C[C@](O)(C(=O)CO)Cc5c(O)c6c(c(O)c54)C(=O)c4c(OC)cccc4C6=O)O[C@@H](C)[C@H]3O)cc2[N+](=O)[O-])[C@H](O)[C@@H](O)[C@@H]1O. The van der Waals surface area contributed by atoms with Crippen LogP contribution in [0.2, 0.25) is 0 Å². The maximum atomic E-state index is 14.0. The molecule has 3 aromatic carbocycles. The molecule has 0 unspecified atom stereocenters. The van der Waals surface area contributed by atoms with Crippen molar-refractivity contribution in [2.24, 2.45) is 0 Å². The molecule has 0 radical (unpaired) electrons. The molecule has 3 aromatic rings. The first-order valence-electron chi connectivity index (χ1n) is 20.1. The van der Waals surface area contributed by atoms with E-state index in [1.807, 2.05) is 0 Å². The van der Waals surface area contributed by atoms with Crippen molar-refractivity contribution in [3.8, 4) is 23.0 Å². The molecule has 2 aliphatic carbocycles. The summed E-state index contributed by atoms with van der Waals surface area (Å²) in [6.07, 6.45) is -18.0. The number of nitro benzene ring substituents is 1. The molecule has 4 aliphatic rings. The van der Waals surface area contributed by atoms with Gasteiger partial charge in [0.25, 0.3) is 0 Å². The topological polar surface area (TPSA) is 367 Å². The van der Waals surface area contributed by atoms with Gasteiger partial charge < -0.3 is 79.3 Å². The van der Waals surface area contributed by atoms with Gasteiger partial charge in [-0.15, -0.1) is 0 Å². The quantitative estimate of drug-likeness (QED) is 0.0365. The Balaban J connectivity index is 1.08. The first-order valence-corrected chi connectivity index (χ1v) is 20.1. The number of hydrogen-bond acceptors (Lipinski definition) is 22. The van der Waals surface area contributed by atoms with Crippen molar-refractivity contribution in [1.29, 1.82) is 0 Å². The number of aromatic hydroxyl groups is 2. The van der Waals surface area contributed by atoms with Gasteiger partial charge in [0.1, 0.15) is 60.5 Å². The average Bonchev–Trinajstić information content (AvgIpc) is 3.29. The number of methoxy groups -OCH3 is 2. The highest BCUT2D eigenvalue weighted by molar-refractivity contribution is 6.31. The van der Waals surface area contributed by atoms with E-state index in [1.165, 1.54) is 38.3 Å². The summed E-state index contributed by atoms with van der Waals surface area (Å²) >= 11 is 0. The average molecular weight is 929 g/mol. The van der Waals surface area contributed by atoms with Gasteiger partial charge in [-0.3, -0.25) is 24.5 Å². The van der Waals surface area contributed by atoms with Gasteiger partial charge >= 0.3 is 17.7 Å². The number of aliphatic hydroxyl groups is 6. The van der Waals surface area contributed by atoms with Crippen LogP contribution in [0.5, 0.6) is 23.0 Å². The zero-order valence-corrected chi connectivity index (χ0v) is 35.0. The zero-order valence-electron chi connectivity index (χ0n) is 35.0. The van der Waals surface area contributed by atoms with Gasteiger partial charge in [0.2, 0.25) is 12.1 Å². The number of fused-ring (bicyclic) bond motifs is 3. The summed E-state index contributed by atoms with van der Waals surface area (Å²) in [4.78, 5) is 77.0. The monoisotopic (exact) mass is 928 g/mol. The van der Waals surface area contributed by atoms with Gasteiger partial charge in [0.15, 0.2) is 29.7 Å². The molecule has 1 amide bonds. The van der Waals surface area contributed by atoms with E-state index in [0.717, 1.165) is 19.2 Å². The molecule has 66 heavy (non-hydrogen) atoms. The summed E-state index contributed by atoms with van der Waals surface area (Å²) in [5.74, 6) is -6.16. The number of hydrogen-bond donors (Lipinski definition) is 9. The van der Waals surface area contributed by atoms with Gasteiger partial charge in [-0.1, -0.05) is 18.2 Å². The van der Waals surface area contributed by atoms with Crippen LogP contribution >= 0.6 is 0 Å². The lowest BCUT2D eigenvalue weighted by atomic mass is 9.72. The van der Waals surface area contributed by atoms with Gasteiger partial charge in [-0.05, 0) is 24.6 Å². The number of nitrogens with zero attached hydrogens (tertiary/aromatic N) is 1. The number of benzene rings is 3. The summed E-state index contributed by atoms with van der Waals surface area (Å²) < 4.78 is 37.8. The molecule has 0 spiro atoms. The Morgan fingerprint density at radius 2 is 1.64 bits per heavy atom. The summed E-state index contributed by atoms with van der Waals surface area (Å²) in [7, 11) is 2.24. The predicted octanol–water partition coefficient (Wildman–Crippen LogP) is -0.763. The number of phenolic OH excluding ortho intramolecular Hbond substituents is 2. The van der Waals surface area contributed by atoms with Crippen molar-refractivity contribution < 1.29 is 103 Å². The molecule has 0 saturated carbocycles. The van der Waals surface area contributed by atoms with Crippen molar-refractivity contribution in [2.75, 3.05) is 20.8 Å². The minimum atomic E-state index is -2.45. The van der Waals surface area contributed by atoms with Gasteiger partial charge in [0.05, 0.1) is 54.1 Å². The molecule has 24 heteroatoms. The zero-order chi connectivity index (χ0) is 48.1. The molecule has 0 aromatic heterocycles. The van der Waals surface area contributed by atoms with Crippen LogP contribution in [-0.4, -0.2) is 157 Å². The minimum Gasteiger partial charge on any atom is -0.507 e. The van der Waals surface area contributed by atoms with E-state index in [9.17, 15) is 74.9 Å². The van der Waals surface area contributed by atoms with E-state index in [0.29, 0.717) is 0 Å². The molecular formula is C42H44N2O22. The minimum absolute atomic E-state index is 0.00209. The molecule has 2 fully saturated rings. The predicted molar refractivity (Wildman–Crippen MR) is 213 cm³/mol. The second-order valence-electron chi connectivity index (χ2n) is 15.9. The Morgan fingerprint density at radius 3 is 2.30 bits per heavy atom. The lowest BCUT2D eigenvalue weighted by molar-refractivity contribution is -0.387. The second-order valence-corrected chi connectivity index (χ2v) is 15.9. The van der Waals surface area contributed by atoms with Gasteiger partial charge in [-0.2, -0.15) is 0 Å². The second kappa shape index (κ2) is 18.5. The van der Waals surface area contributed by atoms with Crippen LogP contribution in [0.25, 0.3) is 0 Å². The van der Waals surface area contributed by atoms with E-state index in [4.69, 9.17) is 28.4 Å². The number of carbonyl (C=O) groups excluding carboxylic acids is 5. The van der Waals surface area contributed by atoms with E-state index >= 15 is 0 Å². The van der Waals surface area contributed by atoms with Crippen molar-refractivity contribution >= 4 is 35.1 Å². The smallest absolute Gasteiger partial charge is 0.407 e. The standard InChI is InChI=1S/C42H44N2O22/c1-15-30(47)19(43-41(56)62-14-16-7-8-21(20(9-16)44(58)59)65-40-37(54)35(52)36(53)38(66-40)39(55)61-3)10-25(63-15)64-23-12-42(57,24(46)13-45)11-18-27(23)34(51)29-28(32(18)49)31(48)17-5-4-6-22(60-2)26(17)33(29)50/h4-9,15,19,23,25,30,35-38,40,45,47,49,51-54,57H,10-14H2,1-3H3,(H,43,56)/t15-,19-,23-,25-,30+,35-,36-,37+,38-,40+,42-/m0/s1. The third-order valence-electron chi connectivity index (χ3n) is 11.9. The highest BCUT2D eigenvalue weighted by atomic mass is 16.7. The van der Waals surface area contributed by atoms with E-state index in [2.05, 4.69) is 10.1 Å². The van der Waals surface area contributed by atoms with Crippen LogP contribution in [0.1, 0.15) is 74.4 Å². The summed E-state index contributed by atoms with van der Waals surface area (Å²) in [6, 6.07) is 6.20. The maximum Gasteiger partial charge on any atom is 0.407 e. The van der Waals surface area contributed by atoms with E-state index in [1.54, 1.807) is 0 Å². The van der Waals surface area contributed by atoms with Crippen LogP contribution < -0.4 is 14.8 Å². The lowest BCUT2D eigenvalue weighted by Crippen LogP contribution is -2.61. The number of ketones is 3. The number of aliphatic hydroxyl groups excluding tert-OH is 5. The van der Waals surface area contributed by atoms with Crippen molar-refractivity contribution in [2.45, 2.75) is 99.7 Å². The first-order chi connectivity index (χ1) is 31.2. The molecule has 354 valence electrons. The fourth-order valence-corrected chi connectivity index (χ4v) is 8.48. The third-order valence-corrected chi connectivity index (χ3v) is 11.9. The molecule has 2 aliphatic heterocycles. The van der Waals surface area contributed by atoms with Crippen LogP contribution in [0.4, 0.5) is 10.5 Å². The third kappa shape index (κ3) is 8.49. The molecule has 7 rings (SSSR count). The summed E-state index contributed by atoms with van der Waals surface area (Å²) in [5.41, 5.74) is -5.31. The molecule has 0 bridgehead atoms. The van der Waals surface area contributed by atoms with Crippen LogP contribution in [0, 0.1) is 10.1 Å². The molecular weight excluding hydrogens is 884 g/mol. The number of esters is 1. The molecule has 2 saturated heterocycles. The number of Topliss-reactive ketones (excluding diaryl/α,β-unsaturated/α-hetero) is 1. The molecule has 2 heterocycles. The van der Waals surface area contributed by atoms with Crippen molar-refractivity contribution in [1.82, 2.24) is 5.32 Å².